The van der Waals surface area contributed by atoms with Crippen LogP contribution in [0.1, 0.15) is 42.6 Å². The van der Waals surface area contributed by atoms with Crippen LogP contribution in [-0.2, 0) is 6.42 Å². The summed E-state index contributed by atoms with van der Waals surface area (Å²) >= 11 is 0. The molecule has 0 unspecified atom stereocenters. The summed E-state index contributed by atoms with van der Waals surface area (Å²) in [5.41, 5.74) is 1.54. The van der Waals surface area contributed by atoms with Crippen LogP contribution in [0.3, 0.4) is 0 Å². The first-order valence-electron chi connectivity index (χ1n) is 12.2. The van der Waals surface area contributed by atoms with Gasteiger partial charge in [-0.3, -0.25) is 4.79 Å². The van der Waals surface area contributed by atoms with Crippen molar-refractivity contribution in [2.24, 2.45) is 0 Å². The van der Waals surface area contributed by atoms with Gasteiger partial charge in [0, 0.05) is 11.9 Å². The smallest absolute Gasteiger partial charge is 0.260 e. The number of anilines is 1. The van der Waals surface area contributed by atoms with Crippen LogP contribution in [0.4, 0.5) is 10.1 Å². The van der Waals surface area contributed by atoms with Gasteiger partial charge in [0.05, 0.1) is 5.56 Å². The maximum Gasteiger partial charge on any atom is 0.260 e. The van der Waals surface area contributed by atoms with Crippen molar-refractivity contribution in [2.45, 2.75) is 38.1 Å². The van der Waals surface area contributed by atoms with Gasteiger partial charge >= 0.3 is 0 Å². The molecule has 1 heterocycles. The van der Waals surface area contributed by atoms with Crippen molar-refractivity contribution in [2.75, 3.05) is 5.32 Å². The summed E-state index contributed by atoms with van der Waals surface area (Å²) in [4.78, 5) is 28.6. The van der Waals surface area contributed by atoms with Crippen LogP contribution in [0.25, 0.3) is 0 Å². The fourth-order valence-electron chi connectivity index (χ4n) is 4.81. The first kappa shape index (κ1) is 25.5. The summed E-state index contributed by atoms with van der Waals surface area (Å²) in [6.45, 7) is 4.30. The average Bonchev–Trinajstić information content (AvgIpc) is 2.90. The molecule has 184 valence electrons. The molecule has 0 aliphatic heterocycles. The van der Waals surface area contributed by atoms with E-state index in [4.69, 9.17) is 0 Å². The molecule has 0 fully saturated rings. The van der Waals surface area contributed by atoms with Crippen LogP contribution in [-0.4, -0.2) is 24.0 Å². The van der Waals surface area contributed by atoms with Gasteiger partial charge < -0.3 is 10.1 Å². The molecule has 1 aromatic heterocycles. The first-order valence-corrected chi connectivity index (χ1v) is 14.1. The van der Waals surface area contributed by atoms with Gasteiger partial charge in [0.2, 0.25) is 5.95 Å². The number of nitrogens with one attached hydrogen (secondary N) is 1. The highest BCUT2D eigenvalue weighted by molar-refractivity contribution is 6.98. The Kier molecular flexibility index (Phi) is 7.77. The van der Waals surface area contributed by atoms with Crippen LogP contribution in [0.2, 0.25) is 5.04 Å². The van der Waals surface area contributed by atoms with Crippen molar-refractivity contribution in [3.8, 4) is 0 Å². The number of hydrogen-bond donors (Lipinski definition) is 2. The predicted octanol–water partition coefficient (Wildman–Crippen LogP) is 5.33. The number of para-hydroxylation sites is 1. The normalized spacial score (nSPS) is 11.8. The van der Waals surface area contributed by atoms with Gasteiger partial charge in [0.25, 0.3) is 14.2 Å². The van der Waals surface area contributed by atoms with E-state index in [1.807, 2.05) is 84.9 Å². The third-order valence-electron chi connectivity index (χ3n) is 6.88. The lowest BCUT2D eigenvalue weighted by atomic mass is 10.0. The summed E-state index contributed by atoms with van der Waals surface area (Å²) in [6.07, 6.45) is 3.63. The Hall–Kier alpha value is -3.61. The van der Waals surface area contributed by atoms with Crippen LogP contribution in [0, 0.1) is 5.95 Å². The Balaban J connectivity index is 1.52. The molecule has 2 N–H and O–H groups in total. The zero-order valence-corrected chi connectivity index (χ0v) is 21.6. The number of aryl methyl sites for hydroxylation is 1. The lowest BCUT2D eigenvalue weighted by Crippen LogP contribution is -2.65. The summed E-state index contributed by atoms with van der Waals surface area (Å²) in [5.74, 6) is -1.32. The molecule has 0 saturated carbocycles. The zero-order valence-electron chi connectivity index (χ0n) is 20.6. The van der Waals surface area contributed by atoms with Gasteiger partial charge in [0.1, 0.15) is 0 Å². The quantitative estimate of drug-likeness (QED) is 0.242. The van der Waals surface area contributed by atoms with Crippen molar-refractivity contribution in [1.82, 2.24) is 4.98 Å². The number of carbonyl (C=O) groups is 1. The molecule has 6 heteroatoms. The van der Waals surface area contributed by atoms with Gasteiger partial charge in [-0.2, -0.15) is 4.39 Å². The van der Waals surface area contributed by atoms with Crippen molar-refractivity contribution in [3.63, 3.8) is 0 Å². The summed E-state index contributed by atoms with van der Waals surface area (Å²) < 4.78 is 14.0. The molecule has 1 amide bonds. The second-order valence-electron chi connectivity index (χ2n) is 9.63. The SMILES string of the molecule is CC(C)(CCCc1ccccc1NC(=O)c1cccnc1F)[Si](O)(c1ccccc1)c1ccccc1. The third-order valence-corrected chi connectivity index (χ3v) is 11.4. The van der Waals surface area contributed by atoms with Gasteiger partial charge in [0.15, 0.2) is 0 Å². The van der Waals surface area contributed by atoms with Gasteiger partial charge in [-0.25, -0.2) is 4.98 Å². The molecule has 0 aliphatic rings. The van der Waals surface area contributed by atoms with E-state index in [-0.39, 0.29) is 10.6 Å². The van der Waals surface area contributed by atoms with Gasteiger partial charge in [-0.1, -0.05) is 92.7 Å². The van der Waals surface area contributed by atoms with Gasteiger partial charge in [-0.05, 0) is 58.4 Å². The molecule has 4 rings (SSSR count). The molecule has 0 saturated heterocycles. The molecule has 0 radical (unpaired) electrons. The Morgan fingerprint density at radius 1 is 0.889 bits per heavy atom. The van der Waals surface area contributed by atoms with E-state index in [9.17, 15) is 14.0 Å². The minimum atomic E-state index is -3.08. The minimum absolute atomic E-state index is 0.0878. The maximum atomic E-state index is 14.0. The number of pyridine rings is 1. The highest BCUT2D eigenvalue weighted by Gasteiger charge is 2.49. The number of carbonyl (C=O) groups excluding carboxylic acids is 1. The fraction of sp³-hybridized carbons (Fsp3) is 0.200. The second-order valence-corrected chi connectivity index (χ2v) is 13.6. The van der Waals surface area contributed by atoms with Crippen molar-refractivity contribution in [1.29, 1.82) is 0 Å². The number of amides is 1. The topological polar surface area (TPSA) is 62.2 Å². The number of hydrogen-bond acceptors (Lipinski definition) is 3. The maximum absolute atomic E-state index is 14.0. The molecule has 4 aromatic rings. The molecule has 0 aliphatic carbocycles. The van der Waals surface area contributed by atoms with Crippen LogP contribution in [0.15, 0.2) is 103 Å². The van der Waals surface area contributed by atoms with Crippen molar-refractivity contribution >= 4 is 30.3 Å². The molecule has 0 spiro atoms. The lowest BCUT2D eigenvalue weighted by Gasteiger charge is -2.41. The van der Waals surface area contributed by atoms with Crippen molar-refractivity contribution < 1.29 is 14.0 Å². The molecular formula is C30H31FN2O2Si. The van der Waals surface area contributed by atoms with E-state index >= 15 is 0 Å². The monoisotopic (exact) mass is 498 g/mol. The molecular weight excluding hydrogens is 467 g/mol. The summed E-state index contributed by atoms with van der Waals surface area (Å²) in [5, 5.41) is 4.47. The van der Waals surface area contributed by atoms with Crippen molar-refractivity contribution in [3.05, 3.63) is 120 Å². The molecule has 36 heavy (non-hydrogen) atoms. The van der Waals surface area contributed by atoms with Crippen LogP contribution < -0.4 is 15.7 Å². The first-order chi connectivity index (χ1) is 17.3. The average molecular weight is 499 g/mol. The predicted molar refractivity (Wildman–Crippen MR) is 146 cm³/mol. The highest BCUT2D eigenvalue weighted by Crippen LogP contribution is 2.40. The van der Waals surface area contributed by atoms with E-state index < -0.39 is 20.2 Å². The van der Waals surface area contributed by atoms with E-state index in [0.29, 0.717) is 12.1 Å². The number of nitrogens with zero attached hydrogens (tertiary/aromatic N) is 1. The number of aromatic nitrogens is 1. The second kappa shape index (κ2) is 11.0. The number of halogens is 1. The largest absolute Gasteiger partial charge is 0.424 e. The third kappa shape index (κ3) is 5.30. The Morgan fingerprint density at radius 3 is 2.08 bits per heavy atom. The summed E-state index contributed by atoms with van der Waals surface area (Å²) in [7, 11) is -3.08. The zero-order chi connectivity index (χ0) is 25.6. The Labute approximate surface area is 213 Å². The molecule has 0 bridgehead atoms. The highest BCUT2D eigenvalue weighted by atomic mass is 28.4. The van der Waals surface area contributed by atoms with E-state index in [1.54, 1.807) is 0 Å². The van der Waals surface area contributed by atoms with E-state index in [0.717, 1.165) is 28.8 Å². The van der Waals surface area contributed by atoms with Gasteiger partial charge in [-0.15, -0.1) is 0 Å². The van der Waals surface area contributed by atoms with E-state index in [1.165, 1.54) is 18.3 Å². The Morgan fingerprint density at radius 2 is 1.47 bits per heavy atom. The van der Waals surface area contributed by atoms with Crippen LogP contribution in [0.5, 0.6) is 0 Å². The van der Waals surface area contributed by atoms with E-state index in [2.05, 4.69) is 24.1 Å². The minimum Gasteiger partial charge on any atom is -0.424 e. The fourth-order valence-corrected chi connectivity index (χ4v) is 8.60. The molecule has 0 atom stereocenters. The Bertz CT molecular complexity index is 1270. The number of rotatable bonds is 9. The van der Waals surface area contributed by atoms with Crippen LogP contribution >= 0.6 is 0 Å². The number of benzene rings is 3. The standard InChI is InChI=1S/C30H31FN2O2Si/c1-30(2,36(35,24-15-5-3-6-16-24)25-17-7-4-8-18-25)21-11-14-23-13-9-10-20-27(23)33-29(34)26-19-12-22-32-28(26)31/h3-10,12-13,15-20,22,35H,11,14,21H2,1-2H3,(H,33,34). The molecule has 4 nitrogen and oxygen atoms in total. The molecule has 3 aromatic carbocycles. The lowest BCUT2D eigenvalue weighted by molar-refractivity contribution is 0.102. The summed E-state index contributed by atoms with van der Waals surface area (Å²) in [6, 6.07) is 30.5.